The third-order valence-corrected chi connectivity index (χ3v) is 7.01. The topological polar surface area (TPSA) is 34.1 Å². The van der Waals surface area contributed by atoms with Crippen LogP contribution < -0.4 is 0 Å². The molecule has 2 nitrogen and oxygen atoms in total. The summed E-state index contributed by atoms with van der Waals surface area (Å²) in [6.07, 6.45) is 6.31. The summed E-state index contributed by atoms with van der Waals surface area (Å²) in [5, 5.41) is 0. The Morgan fingerprint density at radius 3 is 2.62 bits per heavy atom. The van der Waals surface area contributed by atoms with Gasteiger partial charge in [-0.1, -0.05) is 32.4 Å². The zero-order chi connectivity index (χ0) is 15.2. The van der Waals surface area contributed by atoms with Gasteiger partial charge in [-0.05, 0) is 54.6 Å². The molecule has 2 saturated carbocycles. The third kappa shape index (κ3) is 1.49. The fourth-order valence-electron chi connectivity index (χ4n) is 5.87. The first-order valence-corrected chi connectivity index (χ1v) is 8.25. The van der Waals surface area contributed by atoms with Crippen molar-refractivity contribution in [3.8, 4) is 0 Å². The fraction of sp³-hybridized carbons (Fsp3) is 0.684. The van der Waals surface area contributed by atoms with Crippen molar-refractivity contribution in [1.82, 2.24) is 0 Å². The van der Waals surface area contributed by atoms with E-state index in [4.69, 9.17) is 0 Å². The van der Waals surface area contributed by atoms with E-state index in [0.29, 0.717) is 30.0 Å². The van der Waals surface area contributed by atoms with Gasteiger partial charge in [-0.25, -0.2) is 0 Å². The molecule has 4 aliphatic rings. The maximum atomic E-state index is 13.5. The molecule has 4 rings (SSSR count). The average molecular weight is 284 g/mol. The fourth-order valence-corrected chi connectivity index (χ4v) is 5.87. The zero-order valence-electron chi connectivity index (χ0n) is 13.4. The lowest BCUT2D eigenvalue weighted by Gasteiger charge is -2.37. The van der Waals surface area contributed by atoms with Crippen LogP contribution in [0.25, 0.3) is 0 Å². The van der Waals surface area contributed by atoms with Gasteiger partial charge in [0.2, 0.25) is 0 Å². The van der Waals surface area contributed by atoms with Gasteiger partial charge in [0.1, 0.15) is 5.78 Å². The van der Waals surface area contributed by atoms with Crippen LogP contribution in [-0.2, 0) is 9.59 Å². The maximum Gasteiger partial charge on any atom is 0.156 e. The van der Waals surface area contributed by atoms with E-state index in [1.54, 1.807) is 6.08 Å². The molecule has 0 unspecified atom stereocenters. The number of carbonyl (C=O) groups excluding carboxylic acids is 2. The molecule has 0 aromatic carbocycles. The molecule has 0 radical (unpaired) electrons. The van der Waals surface area contributed by atoms with Gasteiger partial charge in [0.25, 0.3) is 0 Å². The Hall–Kier alpha value is -1.18. The summed E-state index contributed by atoms with van der Waals surface area (Å²) in [7, 11) is 0. The average Bonchev–Trinajstić information content (AvgIpc) is 2.80. The molecule has 0 aromatic heterocycles. The normalized spacial score (nSPS) is 46.9. The molecule has 5 atom stereocenters. The lowest BCUT2D eigenvalue weighted by molar-refractivity contribution is -0.134. The summed E-state index contributed by atoms with van der Waals surface area (Å²) in [6.45, 7) is 8.89. The third-order valence-electron chi connectivity index (χ3n) is 7.01. The molecule has 0 saturated heterocycles. The number of rotatable bonds is 0. The molecular formula is C19H24O2. The summed E-state index contributed by atoms with van der Waals surface area (Å²) < 4.78 is 0. The standard InChI is InChI=1S/C19H24O2/c1-10-5-12-7-13(20)8-14-16-15(18(16,3)4)6-11(2)19(12,9-10)17(14)21/h5,7,11,14-16H,6,8-9H2,1-4H3/t11-,14+,15-,16+,19+/m1/s1. The summed E-state index contributed by atoms with van der Waals surface area (Å²) in [4.78, 5) is 25.8. The van der Waals surface area contributed by atoms with Gasteiger partial charge in [0, 0.05) is 12.3 Å². The second-order valence-corrected chi connectivity index (χ2v) is 8.47. The highest BCUT2D eigenvalue weighted by Crippen LogP contribution is 2.70. The Balaban J connectivity index is 1.89. The van der Waals surface area contributed by atoms with E-state index in [0.717, 1.165) is 18.4 Å². The smallest absolute Gasteiger partial charge is 0.156 e. The highest BCUT2D eigenvalue weighted by molar-refractivity contribution is 6.03. The number of Topliss-reactive ketones (excluding diaryl/α,β-unsaturated/α-hetero) is 1. The minimum atomic E-state index is -0.385. The van der Waals surface area contributed by atoms with Crippen LogP contribution in [0.3, 0.4) is 0 Å². The van der Waals surface area contributed by atoms with E-state index in [9.17, 15) is 9.59 Å². The summed E-state index contributed by atoms with van der Waals surface area (Å²) in [5.74, 6) is 1.87. The van der Waals surface area contributed by atoms with Crippen LogP contribution in [0.1, 0.15) is 47.0 Å². The number of hydrogen-bond donors (Lipinski definition) is 0. The molecule has 0 aliphatic heterocycles. The Morgan fingerprint density at radius 1 is 1.19 bits per heavy atom. The first-order valence-electron chi connectivity index (χ1n) is 8.25. The van der Waals surface area contributed by atoms with Crippen molar-refractivity contribution in [3.05, 3.63) is 23.3 Å². The van der Waals surface area contributed by atoms with Crippen LogP contribution >= 0.6 is 0 Å². The number of carbonyl (C=O) groups is 2. The highest BCUT2D eigenvalue weighted by Gasteiger charge is 2.68. The first kappa shape index (κ1) is 13.5. The van der Waals surface area contributed by atoms with E-state index in [-0.39, 0.29) is 22.5 Å². The lowest BCUT2D eigenvalue weighted by Crippen LogP contribution is -2.40. The van der Waals surface area contributed by atoms with Gasteiger partial charge in [0.15, 0.2) is 5.78 Å². The van der Waals surface area contributed by atoms with Crippen LogP contribution in [0.15, 0.2) is 23.3 Å². The van der Waals surface area contributed by atoms with Crippen LogP contribution in [0.5, 0.6) is 0 Å². The minimum Gasteiger partial charge on any atom is -0.298 e. The quantitative estimate of drug-likeness (QED) is 0.679. The molecule has 4 aliphatic carbocycles. The summed E-state index contributed by atoms with van der Waals surface area (Å²) in [5.41, 5.74) is 2.13. The summed E-state index contributed by atoms with van der Waals surface area (Å²) in [6, 6.07) is 0. The first-order chi connectivity index (χ1) is 9.78. The molecule has 2 fully saturated rings. The van der Waals surface area contributed by atoms with Crippen LogP contribution in [0.2, 0.25) is 0 Å². The molecule has 112 valence electrons. The Morgan fingerprint density at radius 2 is 1.90 bits per heavy atom. The molecular weight excluding hydrogens is 260 g/mol. The molecule has 0 aromatic rings. The van der Waals surface area contributed by atoms with Crippen LogP contribution in [-0.4, -0.2) is 11.6 Å². The predicted molar refractivity (Wildman–Crippen MR) is 81.6 cm³/mol. The maximum absolute atomic E-state index is 13.5. The van der Waals surface area contributed by atoms with E-state index >= 15 is 0 Å². The Kier molecular flexibility index (Phi) is 2.42. The van der Waals surface area contributed by atoms with E-state index in [2.05, 4.69) is 33.8 Å². The highest BCUT2D eigenvalue weighted by atomic mass is 16.1. The summed E-state index contributed by atoms with van der Waals surface area (Å²) >= 11 is 0. The monoisotopic (exact) mass is 284 g/mol. The lowest BCUT2D eigenvalue weighted by atomic mass is 9.64. The zero-order valence-corrected chi connectivity index (χ0v) is 13.4. The van der Waals surface area contributed by atoms with E-state index < -0.39 is 0 Å². The van der Waals surface area contributed by atoms with E-state index in [1.165, 1.54) is 5.57 Å². The van der Waals surface area contributed by atoms with Crippen molar-refractivity contribution in [2.75, 3.05) is 0 Å². The molecule has 21 heavy (non-hydrogen) atoms. The Bertz CT molecular complexity index is 621. The number of hydrogen-bond acceptors (Lipinski definition) is 2. The van der Waals surface area contributed by atoms with Gasteiger partial charge in [0.05, 0.1) is 5.41 Å². The molecule has 2 heteroatoms. The molecule has 0 heterocycles. The second-order valence-electron chi connectivity index (χ2n) is 8.47. The van der Waals surface area contributed by atoms with Gasteiger partial charge >= 0.3 is 0 Å². The molecule has 1 spiro atoms. The van der Waals surface area contributed by atoms with Gasteiger partial charge in [-0.3, -0.25) is 9.59 Å². The van der Waals surface area contributed by atoms with Crippen molar-refractivity contribution in [2.45, 2.75) is 47.0 Å². The number of fused-ring (bicyclic) bond motifs is 3. The van der Waals surface area contributed by atoms with Crippen molar-refractivity contribution >= 4 is 11.6 Å². The molecule has 0 amide bonds. The van der Waals surface area contributed by atoms with Crippen molar-refractivity contribution in [3.63, 3.8) is 0 Å². The van der Waals surface area contributed by atoms with Crippen molar-refractivity contribution in [2.24, 2.45) is 34.5 Å². The van der Waals surface area contributed by atoms with Gasteiger partial charge in [-0.15, -0.1) is 0 Å². The van der Waals surface area contributed by atoms with Gasteiger partial charge < -0.3 is 0 Å². The number of ketones is 2. The second kappa shape index (κ2) is 3.77. The van der Waals surface area contributed by atoms with E-state index in [1.807, 2.05) is 0 Å². The van der Waals surface area contributed by atoms with Crippen LogP contribution in [0, 0.1) is 34.5 Å². The molecule has 2 bridgehead atoms. The van der Waals surface area contributed by atoms with Crippen LogP contribution in [0.4, 0.5) is 0 Å². The number of allylic oxidation sites excluding steroid dienone is 4. The predicted octanol–water partition coefficient (Wildman–Crippen LogP) is 3.72. The van der Waals surface area contributed by atoms with Gasteiger partial charge in [-0.2, -0.15) is 0 Å². The largest absolute Gasteiger partial charge is 0.298 e. The Labute approximate surface area is 126 Å². The molecule has 0 N–H and O–H groups in total. The minimum absolute atomic E-state index is 0.0458. The van der Waals surface area contributed by atoms with Crippen molar-refractivity contribution in [1.29, 1.82) is 0 Å². The van der Waals surface area contributed by atoms with Crippen molar-refractivity contribution < 1.29 is 9.59 Å². The SMILES string of the molecule is CC1=CC2=CC(=O)C[C@@H]3C(=O)[C@@]2(C1)[C@H](C)C[C@@H]1[C@H]3C1(C)C.